The molecule has 0 bridgehead atoms. The van der Waals surface area contributed by atoms with Gasteiger partial charge in [0.2, 0.25) is 0 Å². The first-order valence-corrected chi connectivity index (χ1v) is 11.9. The molecule has 2 N–H and O–H groups in total. The van der Waals surface area contributed by atoms with Crippen LogP contribution in [0.15, 0.2) is 55.2 Å². The number of aromatic hydroxyl groups is 1. The van der Waals surface area contributed by atoms with Crippen molar-refractivity contribution in [3.05, 3.63) is 72.0 Å². The molecule has 3 aromatic rings. The summed E-state index contributed by atoms with van der Waals surface area (Å²) in [6.45, 7) is 0.812. The largest absolute Gasteiger partial charge is 1.00 e. The van der Waals surface area contributed by atoms with Crippen LogP contribution in [0, 0.1) is 0 Å². The summed E-state index contributed by atoms with van der Waals surface area (Å²) < 4.78 is 48.2. The van der Waals surface area contributed by atoms with Gasteiger partial charge in [-0.15, -0.1) is 0 Å². The maximum absolute atomic E-state index is 11.8. The normalized spacial score (nSPS) is 15.7. The molecule has 11 nitrogen and oxygen atoms in total. The van der Waals surface area contributed by atoms with Crippen LogP contribution in [0.4, 0.5) is 0 Å². The molecule has 4 rings (SSSR count). The fourth-order valence-electron chi connectivity index (χ4n) is 3.58. The molecule has 2 atom stereocenters. The number of benzene rings is 2. The molecule has 0 radical (unpaired) electrons. The van der Waals surface area contributed by atoms with Crippen LogP contribution in [0.2, 0.25) is 0 Å². The van der Waals surface area contributed by atoms with Gasteiger partial charge in [0, 0.05) is 19.2 Å². The van der Waals surface area contributed by atoms with Gasteiger partial charge in [0.15, 0.2) is 11.5 Å². The first-order valence-electron chi connectivity index (χ1n) is 10.6. The Bertz CT molecular complexity index is 1340. The monoisotopic (exact) mass is 525 g/mol. The number of hydrogen-bond acceptors (Lipinski definition) is 9. The summed E-state index contributed by atoms with van der Waals surface area (Å²) in [5.41, 5.74) is 1.98. The Morgan fingerprint density at radius 2 is 1.97 bits per heavy atom. The van der Waals surface area contributed by atoms with E-state index < -0.39 is 28.5 Å². The topological polar surface area (TPSA) is 146 Å². The van der Waals surface area contributed by atoms with Crippen molar-refractivity contribution in [3.63, 3.8) is 0 Å². The number of aromatic nitrogens is 2. The minimum Gasteiger partial charge on any atom is -0.870 e. The minimum atomic E-state index is -4.60. The Hall–Kier alpha value is -2.74. The van der Waals surface area contributed by atoms with Crippen LogP contribution < -0.4 is 44.1 Å². The summed E-state index contributed by atoms with van der Waals surface area (Å²) in [7, 11) is -0.648. The number of likely N-dealkylation sites (N-methyl/N-ethyl adjacent to an activating group) is 1. The van der Waals surface area contributed by atoms with Crippen LogP contribution in [0.3, 0.4) is 0 Å². The summed E-state index contributed by atoms with van der Waals surface area (Å²) in [4.78, 5) is 6.52. The van der Waals surface area contributed by atoms with E-state index in [4.69, 9.17) is 14.0 Å². The Kier molecular flexibility index (Phi) is 8.93. The molecule has 0 spiro atoms. The number of ether oxygens (including phenoxy) is 2. The van der Waals surface area contributed by atoms with Gasteiger partial charge >= 0.3 is 40.0 Å². The third-order valence-corrected chi connectivity index (χ3v) is 5.62. The molecule has 0 saturated carbocycles. The fourth-order valence-corrected chi connectivity index (χ4v) is 3.78. The maximum Gasteiger partial charge on any atom is 1.00 e. The van der Waals surface area contributed by atoms with E-state index in [-0.39, 0.29) is 35.3 Å². The van der Waals surface area contributed by atoms with Crippen molar-refractivity contribution in [1.29, 1.82) is 0 Å². The summed E-state index contributed by atoms with van der Waals surface area (Å²) in [5.74, 6) is -0.0378. The average Bonchev–Trinajstić information content (AvgIpc) is 3.41. The Morgan fingerprint density at radius 1 is 1.22 bits per heavy atom. The van der Waals surface area contributed by atoms with Gasteiger partial charge < -0.3 is 33.3 Å². The van der Waals surface area contributed by atoms with E-state index in [0.29, 0.717) is 22.6 Å². The predicted octanol–water partition coefficient (Wildman–Crippen LogP) is -1.05. The van der Waals surface area contributed by atoms with Crippen molar-refractivity contribution in [2.45, 2.75) is 18.8 Å². The van der Waals surface area contributed by atoms with Crippen LogP contribution in [-0.4, -0.2) is 59.5 Å². The second kappa shape index (κ2) is 11.5. The SMILES string of the molecule is CN(C)CCc1cn([C@H](c2ccc([O-])c(O)c2)[C@@H]2Oc3ccc(/C=C/OS(=O)(=O)O)cc3O2)cn1.[Na+]. The molecule has 2 heterocycles. The quantitative estimate of drug-likeness (QED) is 0.202. The van der Waals surface area contributed by atoms with Gasteiger partial charge in [-0.2, -0.15) is 8.42 Å². The van der Waals surface area contributed by atoms with Crippen LogP contribution in [0.25, 0.3) is 6.08 Å². The van der Waals surface area contributed by atoms with Gasteiger partial charge in [-0.25, -0.2) is 4.98 Å². The molecule has 13 heteroatoms. The predicted molar refractivity (Wildman–Crippen MR) is 123 cm³/mol. The van der Waals surface area contributed by atoms with Gasteiger partial charge in [-0.1, -0.05) is 23.9 Å². The summed E-state index contributed by atoms with van der Waals surface area (Å²) in [5, 5.41) is 21.8. The molecule has 1 aliphatic rings. The van der Waals surface area contributed by atoms with E-state index in [1.54, 1.807) is 30.6 Å². The Labute approximate surface area is 230 Å². The van der Waals surface area contributed by atoms with E-state index in [9.17, 15) is 18.6 Å². The third kappa shape index (κ3) is 6.93. The maximum atomic E-state index is 11.8. The van der Waals surface area contributed by atoms with Crippen molar-refractivity contribution in [1.82, 2.24) is 14.5 Å². The summed E-state index contributed by atoms with van der Waals surface area (Å²) in [6, 6.07) is 8.58. The fraction of sp³-hybridized carbons (Fsp3) is 0.261. The molecule has 0 aliphatic carbocycles. The van der Waals surface area contributed by atoms with Crippen LogP contribution in [0.5, 0.6) is 23.0 Å². The second-order valence-corrected chi connectivity index (χ2v) is 9.22. The molecule has 0 unspecified atom stereocenters. The second-order valence-electron chi connectivity index (χ2n) is 8.17. The summed E-state index contributed by atoms with van der Waals surface area (Å²) in [6.07, 6.45) is 5.56. The van der Waals surface area contributed by atoms with E-state index in [0.717, 1.165) is 24.9 Å². The van der Waals surface area contributed by atoms with Crippen molar-refractivity contribution in [3.8, 4) is 23.0 Å². The Morgan fingerprint density at radius 3 is 2.67 bits per heavy atom. The number of fused-ring (bicyclic) bond motifs is 1. The van der Waals surface area contributed by atoms with Gasteiger partial charge in [0.05, 0.1) is 12.0 Å². The molecule has 0 saturated heterocycles. The zero-order valence-corrected chi connectivity index (χ0v) is 22.8. The Balaban J connectivity index is 0.00000361. The first-order chi connectivity index (χ1) is 16.6. The molecule has 1 aliphatic heterocycles. The molecular formula is C23H24N3NaO8S. The number of phenolic OH excluding ortho intramolecular Hbond substituents is 1. The van der Waals surface area contributed by atoms with E-state index >= 15 is 0 Å². The smallest absolute Gasteiger partial charge is 0.870 e. The first kappa shape index (κ1) is 27.8. The third-order valence-electron chi connectivity index (χ3n) is 5.27. The number of nitrogens with zero attached hydrogens (tertiary/aromatic N) is 3. The molecule has 2 aromatic carbocycles. The molecule has 1 aromatic heterocycles. The summed E-state index contributed by atoms with van der Waals surface area (Å²) >= 11 is 0. The van der Waals surface area contributed by atoms with Crippen molar-refractivity contribution < 1.29 is 66.4 Å². The zero-order valence-electron chi connectivity index (χ0n) is 19.9. The minimum absolute atomic E-state index is 0. The number of imidazole rings is 1. The molecular weight excluding hydrogens is 501 g/mol. The van der Waals surface area contributed by atoms with E-state index in [2.05, 4.69) is 9.17 Å². The van der Waals surface area contributed by atoms with Crippen LogP contribution in [-0.2, 0) is 21.0 Å². The van der Waals surface area contributed by atoms with E-state index in [1.807, 2.05) is 29.8 Å². The van der Waals surface area contributed by atoms with Crippen molar-refractivity contribution in [2.24, 2.45) is 0 Å². The van der Waals surface area contributed by atoms with Gasteiger partial charge in [-0.3, -0.25) is 4.55 Å². The van der Waals surface area contributed by atoms with Gasteiger partial charge in [-0.05, 0) is 49.5 Å². The van der Waals surface area contributed by atoms with Crippen LogP contribution >= 0.6 is 0 Å². The zero-order chi connectivity index (χ0) is 25.2. The molecule has 0 amide bonds. The van der Waals surface area contributed by atoms with Crippen LogP contribution in [0.1, 0.15) is 22.9 Å². The number of phenols is 1. The molecule has 0 fully saturated rings. The van der Waals surface area contributed by atoms with Crippen molar-refractivity contribution in [2.75, 3.05) is 20.6 Å². The molecule has 36 heavy (non-hydrogen) atoms. The molecule has 186 valence electrons. The standard InChI is InChI=1S/C23H25N3O8S.Na/c1-25(2)9-7-17-13-26(14-24-17)22(16-4-5-18(27)19(28)12-16)23-33-20-6-3-15(11-21(20)34-23)8-10-32-35(29,30)31;/h3-6,8,10-14,22-23,27-28H,7,9H2,1-2H3,(H,29,30,31);/q;+1/p-1/b10-8+;/t22-,23-;/m1./s1. The van der Waals surface area contributed by atoms with Gasteiger partial charge in [0.1, 0.15) is 18.1 Å². The number of rotatable bonds is 9. The average molecular weight is 526 g/mol. The number of hydrogen-bond donors (Lipinski definition) is 2. The van der Waals surface area contributed by atoms with Gasteiger partial charge in [0.25, 0.3) is 6.29 Å². The van der Waals surface area contributed by atoms with E-state index in [1.165, 1.54) is 18.2 Å². The van der Waals surface area contributed by atoms with Crippen molar-refractivity contribution >= 4 is 16.5 Å².